The lowest BCUT2D eigenvalue weighted by Gasteiger charge is -2.41. The van der Waals surface area contributed by atoms with Gasteiger partial charge in [0.2, 0.25) is 15.6 Å². The third-order valence-corrected chi connectivity index (χ3v) is 8.41. The predicted octanol–water partition coefficient (Wildman–Crippen LogP) is 4.52. The molecule has 0 saturated carbocycles. The number of ether oxygens (including phenoxy) is 1. The SMILES string of the molecule is CC(C)C(C(=O)N[C@@H](C)C(=O)N1CCCC(C)(C(=O)OCC(Cl)(Cl)Cl)N1)N(C)C(=O)CCc1ccc(-c2cccc([C@@H](C)O)c2)nc1. The third kappa shape index (κ3) is 10.8. The number of carbonyl (C=O) groups excluding carboxylic acids is 4. The number of aryl methyl sites for hydroxylation is 1. The quantitative estimate of drug-likeness (QED) is 0.216. The second kappa shape index (κ2) is 16.4. The van der Waals surface area contributed by atoms with Crippen LogP contribution in [0.2, 0.25) is 0 Å². The average Bonchev–Trinajstić information content (AvgIpc) is 3.01. The topological polar surface area (TPSA) is 141 Å². The highest BCUT2D eigenvalue weighted by Gasteiger charge is 2.42. The van der Waals surface area contributed by atoms with Crippen molar-refractivity contribution < 1.29 is 29.0 Å². The van der Waals surface area contributed by atoms with E-state index in [4.69, 9.17) is 39.5 Å². The smallest absolute Gasteiger partial charge is 0.327 e. The van der Waals surface area contributed by atoms with Crippen molar-refractivity contribution in [3.05, 3.63) is 53.7 Å². The zero-order valence-electron chi connectivity index (χ0n) is 27.6. The van der Waals surface area contributed by atoms with Crippen molar-refractivity contribution in [3.63, 3.8) is 0 Å². The maximum absolute atomic E-state index is 13.4. The molecule has 11 nitrogen and oxygen atoms in total. The number of pyridine rings is 1. The van der Waals surface area contributed by atoms with Gasteiger partial charge in [-0.15, -0.1) is 0 Å². The summed E-state index contributed by atoms with van der Waals surface area (Å²) in [6.45, 7) is 8.37. The fraction of sp³-hybridized carbons (Fsp3) is 0.545. The summed E-state index contributed by atoms with van der Waals surface area (Å²) in [4.78, 5) is 58.6. The molecule has 2 unspecified atom stereocenters. The molecule has 3 amide bonds. The molecule has 2 aromatic rings. The van der Waals surface area contributed by atoms with Crippen molar-refractivity contribution in [2.75, 3.05) is 20.2 Å². The van der Waals surface area contributed by atoms with Crippen molar-refractivity contribution in [1.29, 1.82) is 0 Å². The summed E-state index contributed by atoms with van der Waals surface area (Å²) in [5, 5.41) is 13.9. The van der Waals surface area contributed by atoms with Crippen LogP contribution in [0.1, 0.15) is 71.1 Å². The number of likely N-dealkylation sites (N-methyl/N-ethyl adjacent to an activating group) is 1. The molecule has 1 saturated heterocycles. The summed E-state index contributed by atoms with van der Waals surface area (Å²) in [6, 6.07) is 9.55. The Hall–Kier alpha value is -2.96. The van der Waals surface area contributed by atoms with Gasteiger partial charge in [-0.05, 0) is 69.2 Å². The van der Waals surface area contributed by atoms with Gasteiger partial charge in [0.1, 0.15) is 24.2 Å². The van der Waals surface area contributed by atoms with Crippen LogP contribution in [0.5, 0.6) is 0 Å². The van der Waals surface area contributed by atoms with Crippen LogP contribution in [0.15, 0.2) is 42.6 Å². The molecule has 0 radical (unpaired) electrons. The molecule has 1 fully saturated rings. The van der Waals surface area contributed by atoms with Crippen LogP contribution >= 0.6 is 34.8 Å². The monoisotopic (exact) mass is 711 g/mol. The zero-order valence-corrected chi connectivity index (χ0v) is 29.8. The van der Waals surface area contributed by atoms with E-state index in [1.165, 1.54) is 9.91 Å². The van der Waals surface area contributed by atoms with E-state index in [9.17, 15) is 24.3 Å². The van der Waals surface area contributed by atoms with Gasteiger partial charge < -0.3 is 20.1 Å². The van der Waals surface area contributed by atoms with Crippen LogP contribution in [0.4, 0.5) is 0 Å². The molecule has 0 spiro atoms. The van der Waals surface area contributed by atoms with E-state index in [0.29, 0.717) is 25.8 Å². The van der Waals surface area contributed by atoms with Crippen LogP contribution < -0.4 is 10.7 Å². The Labute approximate surface area is 291 Å². The van der Waals surface area contributed by atoms with E-state index in [1.54, 1.807) is 34.0 Å². The largest absolute Gasteiger partial charge is 0.460 e. The Balaban J connectivity index is 1.57. The fourth-order valence-electron chi connectivity index (χ4n) is 5.42. The van der Waals surface area contributed by atoms with Crippen LogP contribution in [0.3, 0.4) is 0 Å². The Morgan fingerprint density at radius 3 is 2.45 bits per heavy atom. The lowest BCUT2D eigenvalue weighted by molar-refractivity contribution is -0.159. The maximum atomic E-state index is 13.4. The first-order valence-electron chi connectivity index (χ1n) is 15.5. The first-order chi connectivity index (χ1) is 21.9. The molecule has 3 rings (SSSR count). The molecule has 47 heavy (non-hydrogen) atoms. The molecular formula is C33H44Cl3N5O6. The number of alkyl halides is 3. The molecule has 1 aromatic carbocycles. The minimum absolute atomic E-state index is 0.157. The van der Waals surface area contributed by atoms with Gasteiger partial charge in [-0.25, -0.2) is 10.2 Å². The van der Waals surface area contributed by atoms with Gasteiger partial charge in [0, 0.05) is 31.8 Å². The summed E-state index contributed by atoms with van der Waals surface area (Å²) < 4.78 is 3.37. The highest BCUT2D eigenvalue weighted by Crippen LogP contribution is 2.28. The lowest BCUT2D eigenvalue weighted by Crippen LogP contribution is -2.65. The van der Waals surface area contributed by atoms with E-state index in [1.807, 2.05) is 50.2 Å². The fourth-order valence-corrected chi connectivity index (χ4v) is 5.59. The standard InChI is InChI=1S/C33H44Cl3N5O6/c1-20(2)28(29(44)38-21(3)30(45)41-16-8-15-32(5,39-41)31(46)47-19-33(34,35)36)40(6)27(43)14-12-23-11-13-26(37-18-23)25-10-7-9-24(17-25)22(4)42/h7,9-11,13,17-18,20-22,28,39,42H,8,12,14-16,19H2,1-6H3,(H,38,44)/t21-,22+,28?,32?/m0/s1. The first kappa shape index (κ1) is 38.5. The van der Waals surface area contributed by atoms with Gasteiger partial charge in [-0.1, -0.05) is 72.9 Å². The number of esters is 1. The van der Waals surface area contributed by atoms with Crippen molar-refractivity contribution in [1.82, 2.24) is 25.6 Å². The number of hydrogen-bond acceptors (Lipinski definition) is 8. The van der Waals surface area contributed by atoms with Crippen LogP contribution in [-0.4, -0.2) is 85.3 Å². The van der Waals surface area contributed by atoms with Gasteiger partial charge >= 0.3 is 5.97 Å². The number of aliphatic hydroxyl groups excluding tert-OH is 1. The second-order valence-electron chi connectivity index (χ2n) is 12.5. The number of amides is 3. The number of aromatic nitrogens is 1. The molecule has 0 aliphatic carbocycles. The molecule has 2 heterocycles. The number of carbonyl (C=O) groups is 4. The molecule has 258 valence electrons. The Morgan fingerprint density at radius 2 is 1.85 bits per heavy atom. The minimum atomic E-state index is -1.77. The number of hydrazine groups is 1. The third-order valence-electron chi connectivity index (χ3n) is 8.08. The summed E-state index contributed by atoms with van der Waals surface area (Å²) in [6.07, 6.45) is 2.60. The van der Waals surface area contributed by atoms with Gasteiger partial charge in [-0.2, -0.15) is 0 Å². The zero-order chi connectivity index (χ0) is 35.1. The summed E-state index contributed by atoms with van der Waals surface area (Å²) in [7, 11) is 1.58. The van der Waals surface area contributed by atoms with Crippen LogP contribution in [0.25, 0.3) is 11.3 Å². The number of aliphatic hydroxyl groups is 1. The molecule has 1 aromatic heterocycles. The van der Waals surface area contributed by atoms with E-state index in [0.717, 1.165) is 22.4 Å². The predicted molar refractivity (Wildman–Crippen MR) is 181 cm³/mol. The highest BCUT2D eigenvalue weighted by molar-refractivity contribution is 6.67. The van der Waals surface area contributed by atoms with Crippen molar-refractivity contribution in [2.24, 2.45) is 5.92 Å². The normalized spacial score (nSPS) is 18.7. The molecule has 14 heteroatoms. The molecule has 1 aliphatic heterocycles. The van der Waals surface area contributed by atoms with E-state index in [2.05, 4.69) is 15.7 Å². The van der Waals surface area contributed by atoms with Crippen molar-refractivity contribution in [2.45, 2.75) is 87.8 Å². The maximum Gasteiger partial charge on any atom is 0.327 e. The average molecular weight is 713 g/mol. The number of nitrogens with zero attached hydrogens (tertiary/aromatic N) is 3. The summed E-state index contributed by atoms with van der Waals surface area (Å²) in [5.74, 6) is -2.07. The molecule has 4 atom stereocenters. The molecule has 0 bridgehead atoms. The Kier molecular flexibility index (Phi) is 13.5. The summed E-state index contributed by atoms with van der Waals surface area (Å²) in [5.41, 5.74) is 4.98. The van der Waals surface area contributed by atoms with Crippen LogP contribution in [-0.2, 0) is 30.3 Å². The van der Waals surface area contributed by atoms with Crippen molar-refractivity contribution >= 4 is 58.5 Å². The Morgan fingerprint density at radius 1 is 1.15 bits per heavy atom. The first-order valence-corrected chi connectivity index (χ1v) is 16.7. The van der Waals surface area contributed by atoms with Gasteiger partial charge in [0.25, 0.3) is 5.91 Å². The molecular weight excluding hydrogens is 669 g/mol. The van der Waals surface area contributed by atoms with E-state index >= 15 is 0 Å². The number of halogens is 3. The highest BCUT2D eigenvalue weighted by atomic mass is 35.6. The number of benzene rings is 1. The van der Waals surface area contributed by atoms with Gasteiger partial charge in [0.05, 0.1) is 11.8 Å². The summed E-state index contributed by atoms with van der Waals surface area (Å²) >= 11 is 17.1. The van der Waals surface area contributed by atoms with Gasteiger partial charge in [-0.3, -0.25) is 24.4 Å². The number of hydrogen-bond donors (Lipinski definition) is 3. The van der Waals surface area contributed by atoms with E-state index < -0.39 is 51.9 Å². The lowest BCUT2D eigenvalue weighted by atomic mass is 9.94. The Bertz CT molecular complexity index is 1420. The molecule has 3 N–H and O–H groups in total. The van der Waals surface area contributed by atoms with Crippen LogP contribution in [0, 0.1) is 5.92 Å². The van der Waals surface area contributed by atoms with Crippen molar-refractivity contribution in [3.8, 4) is 11.3 Å². The molecule has 1 aliphatic rings. The van der Waals surface area contributed by atoms with Gasteiger partial charge in [0.15, 0.2) is 0 Å². The second-order valence-corrected chi connectivity index (χ2v) is 15.0. The number of rotatable bonds is 12. The minimum Gasteiger partial charge on any atom is -0.460 e. The number of nitrogens with one attached hydrogen (secondary N) is 2. The van der Waals surface area contributed by atoms with E-state index in [-0.39, 0.29) is 18.2 Å².